The molecule has 3 aromatic carbocycles. The van der Waals surface area contributed by atoms with Gasteiger partial charge in [-0.05, 0) is 47.9 Å². The van der Waals surface area contributed by atoms with Crippen LogP contribution in [0.5, 0.6) is 17.2 Å². The summed E-state index contributed by atoms with van der Waals surface area (Å²) in [6.45, 7) is -0.100. The summed E-state index contributed by atoms with van der Waals surface area (Å²) in [5.41, 5.74) is 2.70. The number of ether oxygens (including phenoxy) is 3. The molecule has 2 N–H and O–H groups in total. The van der Waals surface area contributed by atoms with E-state index in [9.17, 15) is 18.4 Å². The maximum atomic E-state index is 13.8. The lowest BCUT2D eigenvalue weighted by Gasteiger charge is -2.30. The normalized spacial score (nSPS) is 13.5. The maximum absolute atomic E-state index is 13.8. The molecule has 0 bridgehead atoms. The Morgan fingerprint density at radius 3 is 2.40 bits per heavy atom. The molecule has 0 fully saturated rings. The summed E-state index contributed by atoms with van der Waals surface area (Å²) < 4.78 is 44.5. The van der Waals surface area contributed by atoms with Crippen LogP contribution in [0.1, 0.15) is 11.1 Å². The van der Waals surface area contributed by atoms with Gasteiger partial charge in [-0.2, -0.15) is 4.31 Å². The topological polar surface area (TPSA) is 114 Å². The predicted molar refractivity (Wildman–Crippen MR) is 127 cm³/mol. The van der Waals surface area contributed by atoms with E-state index in [-0.39, 0.29) is 29.7 Å². The van der Waals surface area contributed by atoms with Gasteiger partial charge in [0.05, 0.1) is 12.0 Å². The Kier molecular flexibility index (Phi) is 7.46. The summed E-state index contributed by atoms with van der Waals surface area (Å²) in [6.07, 6.45) is -0.135. The number of halogens is 1. The fourth-order valence-corrected chi connectivity index (χ4v) is 5.54. The number of rotatable bonds is 9. The van der Waals surface area contributed by atoms with Crippen LogP contribution in [0, 0.1) is 0 Å². The molecule has 0 spiro atoms. The van der Waals surface area contributed by atoms with Crippen molar-refractivity contribution in [2.24, 2.45) is 0 Å². The highest BCUT2D eigenvalue weighted by Gasteiger charge is 2.37. The molecule has 11 heteroatoms. The van der Waals surface area contributed by atoms with Crippen LogP contribution in [-0.4, -0.2) is 43.8 Å². The Balaban J connectivity index is 1.78. The monoisotopic (exact) mass is 518 g/mol. The standard InChI is InChI=1S/C24H23ClN2O7S/c1-32-18-7-9-19(10-8-18)35(30,31)27(14-16-5-3-2-4-6-16)21(24(28)26-29)11-17-12-22-23(13-20(17)25)34-15-33-22/h2-10,12-13,21,29H,11,14-15H2,1H3,(H,26,28). The highest BCUT2D eigenvalue weighted by Crippen LogP contribution is 2.38. The molecule has 0 aliphatic carbocycles. The van der Waals surface area contributed by atoms with Crippen molar-refractivity contribution in [2.75, 3.05) is 13.9 Å². The van der Waals surface area contributed by atoms with Gasteiger partial charge in [0.15, 0.2) is 11.5 Å². The van der Waals surface area contributed by atoms with Gasteiger partial charge in [0.25, 0.3) is 5.91 Å². The Morgan fingerprint density at radius 2 is 1.77 bits per heavy atom. The zero-order valence-corrected chi connectivity index (χ0v) is 20.3. The molecule has 1 atom stereocenters. The van der Waals surface area contributed by atoms with Gasteiger partial charge in [-0.3, -0.25) is 10.0 Å². The summed E-state index contributed by atoms with van der Waals surface area (Å²) in [4.78, 5) is 12.8. The Hall–Kier alpha value is -3.31. The van der Waals surface area contributed by atoms with Gasteiger partial charge in [0, 0.05) is 17.6 Å². The Bertz CT molecular complexity index is 1300. The van der Waals surface area contributed by atoms with Crippen molar-refractivity contribution >= 4 is 27.5 Å². The molecule has 184 valence electrons. The number of carbonyl (C=O) groups is 1. The van der Waals surface area contributed by atoms with E-state index in [1.807, 2.05) is 0 Å². The zero-order chi connectivity index (χ0) is 25.0. The summed E-state index contributed by atoms with van der Waals surface area (Å²) in [5, 5.41) is 9.78. The van der Waals surface area contributed by atoms with E-state index in [2.05, 4.69) is 0 Å². The Labute approximate surface area is 207 Å². The molecule has 1 aliphatic heterocycles. The van der Waals surface area contributed by atoms with Crippen LogP contribution in [0.3, 0.4) is 0 Å². The lowest BCUT2D eigenvalue weighted by molar-refractivity contribution is -0.133. The van der Waals surface area contributed by atoms with E-state index in [0.29, 0.717) is 28.4 Å². The fraction of sp³-hybridized carbons (Fsp3) is 0.208. The molecule has 3 aromatic rings. The molecule has 1 aliphatic rings. The van der Waals surface area contributed by atoms with Gasteiger partial charge >= 0.3 is 0 Å². The van der Waals surface area contributed by atoms with Crippen molar-refractivity contribution in [2.45, 2.75) is 23.9 Å². The van der Waals surface area contributed by atoms with Crippen molar-refractivity contribution in [3.05, 3.63) is 82.9 Å². The molecule has 0 radical (unpaired) electrons. The molecule has 0 saturated carbocycles. The number of hydrogen-bond donors (Lipinski definition) is 2. The second-order valence-corrected chi connectivity index (χ2v) is 10.0. The zero-order valence-electron chi connectivity index (χ0n) is 18.7. The van der Waals surface area contributed by atoms with Gasteiger partial charge in [-0.1, -0.05) is 41.9 Å². The number of nitrogens with zero attached hydrogens (tertiary/aromatic N) is 1. The van der Waals surface area contributed by atoms with Crippen LogP contribution in [0.25, 0.3) is 0 Å². The first-order chi connectivity index (χ1) is 16.8. The highest BCUT2D eigenvalue weighted by atomic mass is 35.5. The molecule has 1 unspecified atom stereocenters. The van der Waals surface area contributed by atoms with E-state index >= 15 is 0 Å². The number of methoxy groups -OCH3 is 1. The first-order valence-corrected chi connectivity index (χ1v) is 12.4. The molecule has 0 aromatic heterocycles. The fourth-order valence-electron chi connectivity index (χ4n) is 3.73. The van der Waals surface area contributed by atoms with Crippen molar-refractivity contribution in [1.29, 1.82) is 0 Å². The van der Waals surface area contributed by atoms with Gasteiger partial charge in [-0.25, -0.2) is 13.9 Å². The summed E-state index contributed by atoms with van der Waals surface area (Å²) >= 11 is 6.42. The Morgan fingerprint density at radius 1 is 1.11 bits per heavy atom. The quantitative estimate of drug-likeness (QED) is 0.329. The van der Waals surface area contributed by atoms with Crippen molar-refractivity contribution in [1.82, 2.24) is 9.79 Å². The number of carbonyl (C=O) groups excluding carboxylic acids is 1. The van der Waals surface area contributed by atoms with Crippen LogP contribution in [0.2, 0.25) is 5.02 Å². The van der Waals surface area contributed by atoms with Gasteiger partial charge < -0.3 is 14.2 Å². The first kappa shape index (κ1) is 24.8. The minimum atomic E-state index is -4.22. The first-order valence-electron chi connectivity index (χ1n) is 10.5. The minimum absolute atomic E-state index is 0.0294. The number of fused-ring (bicyclic) bond motifs is 1. The smallest absolute Gasteiger partial charge is 0.262 e. The van der Waals surface area contributed by atoms with Crippen molar-refractivity contribution in [3.8, 4) is 17.2 Å². The second-order valence-electron chi connectivity index (χ2n) is 7.70. The minimum Gasteiger partial charge on any atom is -0.497 e. The third-order valence-corrected chi connectivity index (χ3v) is 7.78. The summed E-state index contributed by atoms with van der Waals surface area (Å²) in [5.74, 6) is 0.455. The number of amides is 1. The van der Waals surface area contributed by atoms with Crippen molar-refractivity contribution in [3.63, 3.8) is 0 Å². The average Bonchev–Trinajstić information content (AvgIpc) is 3.33. The van der Waals surface area contributed by atoms with E-state index in [0.717, 1.165) is 4.31 Å². The lowest BCUT2D eigenvalue weighted by atomic mass is 10.0. The predicted octanol–water partition coefficient (Wildman–Crippen LogP) is 3.38. The highest BCUT2D eigenvalue weighted by molar-refractivity contribution is 7.89. The molecule has 1 amide bonds. The van der Waals surface area contributed by atoms with Crippen LogP contribution in [0.15, 0.2) is 71.6 Å². The van der Waals surface area contributed by atoms with Crippen LogP contribution >= 0.6 is 11.6 Å². The van der Waals surface area contributed by atoms with Crippen molar-refractivity contribution < 1.29 is 32.6 Å². The molecule has 0 saturated heterocycles. The van der Waals surface area contributed by atoms with E-state index in [1.54, 1.807) is 47.9 Å². The van der Waals surface area contributed by atoms with Gasteiger partial charge in [0.1, 0.15) is 11.8 Å². The molecule has 9 nitrogen and oxygen atoms in total. The third kappa shape index (κ3) is 5.35. The largest absolute Gasteiger partial charge is 0.497 e. The molecular weight excluding hydrogens is 496 g/mol. The average molecular weight is 519 g/mol. The number of hydroxylamine groups is 1. The summed E-state index contributed by atoms with van der Waals surface area (Å²) in [6, 6.07) is 16.5. The van der Waals surface area contributed by atoms with E-state index in [1.165, 1.54) is 31.4 Å². The third-order valence-electron chi connectivity index (χ3n) is 5.56. The summed E-state index contributed by atoms with van der Waals surface area (Å²) in [7, 11) is -2.74. The second kappa shape index (κ2) is 10.5. The van der Waals surface area contributed by atoms with Gasteiger partial charge in [-0.15, -0.1) is 0 Å². The van der Waals surface area contributed by atoms with Crippen LogP contribution < -0.4 is 19.7 Å². The number of benzene rings is 3. The molecule has 1 heterocycles. The van der Waals surface area contributed by atoms with Crippen LogP contribution in [-0.2, 0) is 27.8 Å². The van der Waals surface area contributed by atoms with Crippen LogP contribution in [0.4, 0.5) is 0 Å². The molecular formula is C24H23ClN2O7S. The lowest BCUT2D eigenvalue weighted by Crippen LogP contribution is -2.49. The number of nitrogens with one attached hydrogen (secondary N) is 1. The molecule has 4 rings (SSSR count). The number of hydrogen-bond acceptors (Lipinski definition) is 7. The maximum Gasteiger partial charge on any atom is 0.262 e. The van der Waals surface area contributed by atoms with Gasteiger partial charge in [0.2, 0.25) is 16.8 Å². The molecule has 35 heavy (non-hydrogen) atoms. The SMILES string of the molecule is COc1ccc(S(=O)(=O)N(Cc2ccccc2)C(Cc2cc3c(cc2Cl)OCO3)C(=O)NO)cc1. The van der Waals surface area contributed by atoms with E-state index < -0.39 is 22.0 Å². The van der Waals surface area contributed by atoms with E-state index in [4.69, 9.17) is 25.8 Å². The number of sulfonamides is 1.